The Balaban J connectivity index is 2.10. The summed E-state index contributed by atoms with van der Waals surface area (Å²) in [5.74, 6) is -0.896. The van der Waals surface area contributed by atoms with Gasteiger partial charge in [0.1, 0.15) is 6.04 Å². The van der Waals surface area contributed by atoms with Crippen LogP contribution in [0.5, 0.6) is 0 Å². The second-order valence-electron chi connectivity index (χ2n) is 5.41. The van der Waals surface area contributed by atoms with Crippen LogP contribution in [0.4, 0.5) is 10.5 Å². The van der Waals surface area contributed by atoms with Crippen molar-refractivity contribution in [3.05, 3.63) is 29.3 Å². The van der Waals surface area contributed by atoms with E-state index in [1.54, 1.807) is 0 Å². The average molecular weight is 290 g/mol. The van der Waals surface area contributed by atoms with Crippen LogP contribution in [0.1, 0.15) is 37.8 Å². The summed E-state index contributed by atoms with van der Waals surface area (Å²) < 4.78 is 0. The van der Waals surface area contributed by atoms with Crippen LogP contribution in [-0.4, -0.2) is 23.1 Å². The lowest BCUT2D eigenvalue weighted by Gasteiger charge is -2.18. The normalized spacial score (nSPS) is 15.3. The van der Waals surface area contributed by atoms with E-state index in [-0.39, 0.29) is 5.92 Å². The molecule has 0 radical (unpaired) electrons. The third-order valence-corrected chi connectivity index (χ3v) is 3.88. The van der Waals surface area contributed by atoms with E-state index < -0.39 is 18.0 Å². The Bertz CT molecular complexity index is 516. The van der Waals surface area contributed by atoms with E-state index in [0.717, 1.165) is 42.5 Å². The number of aryl methyl sites for hydroxylation is 2. The fourth-order valence-electron chi connectivity index (χ4n) is 2.50. The Hall–Kier alpha value is -2.04. The van der Waals surface area contributed by atoms with Gasteiger partial charge in [-0.3, -0.25) is 0 Å². The number of urea groups is 1. The summed E-state index contributed by atoms with van der Waals surface area (Å²) in [6, 6.07) is 4.70. The van der Waals surface area contributed by atoms with Crippen LogP contribution in [0, 0.1) is 5.92 Å². The Kier molecular flexibility index (Phi) is 4.83. The van der Waals surface area contributed by atoms with E-state index in [1.807, 2.05) is 32.0 Å². The van der Waals surface area contributed by atoms with E-state index in [0.29, 0.717) is 0 Å². The molecule has 5 nitrogen and oxygen atoms in total. The number of amides is 2. The molecule has 1 aliphatic carbocycles. The van der Waals surface area contributed by atoms with Gasteiger partial charge in [-0.2, -0.15) is 0 Å². The maximum Gasteiger partial charge on any atom is 0.326 e. The van der Waals surface area contributed by atoms with Crippen molar-refractivity contribution in [2.45, 2.75) is 45.6 Å². The highest BCUT2D eigenvalue weighted by Gasteiger charge is 2.37. The minimum Gasteiger partial charge on any atom is -0.480 e. The molecule has 0 saturated heterocycles. The predicted octanol–water partition coefficient (Wildman–Crippen LogP) is 2.80. The lowest BCUT2D eigenvalue weighted by atomic mass is 10.0. The van der Waals surface area contributed by atoms with Gasteiger partial charge in [-0.05, 0) is 42.7 Å². The SMILES string of the molecule is CCc1cccc(CC)c1NC(=O)NC(C(=O)O)C1CC1. The van der Waals surface area contributed by atoms with Gasteiger partial charge in [0.15, 0.2) is 0 Å². The second-order valence-corrected chi connectivity index (χ2v) is 5.41. The number of rotatable bonds is 6. The summed E-state index contributed by atoms with van der Waals surface area (Å²) in [5.41, 5.74) is 2.92. The van der Waals surface area contributed by atoms with E-state index in [9.17, 15) is 9.59 Å². The van der Waals surface area contributed by atoms with Crippen LogP contribution < -0.4 is 10.6 Å². The number of carboxylic acid groups (broad SMARTS) is 1. The monoisotopic (exact) mass is 290 g/mol. The van der Waals surface area contributed by atoms with Gasteiger partial charge in [-0.25, -0.2) is 9.59 Å². The fourth-order valence-corrected chi connectivity index (χ4v) is 2.50. The first-order valence-corrected chi connectivity index (χ1v) is 7.47. The molecule has 0 aromatic heterocycles. The number of carboxylic acids is 1. The van der Waals surface area contributed by atoms with Gasteiger partial charge < -0.3 is 15.7 Å². The summed E-state index contributed by atoms with van der Waals surface area (Å²) in [4.78, 5) is 23.3. The number of benzene rings is 1. The van der Waals surface area contributed by atoms with Crippen LogP contribution in [-0.2, 0) is 17.6 Å². The smallest absolute Gasteiger partial charge is 0.326 e. The Morgan fingerprint density at radius 1 is 1.24 bits per heavy atom. The minimum absolute atomic E-state index is 0.0697. The van der Waals surface area contributed by atoms with Gasteiger partial charge in [0.25, 0.3) is 0 Å². The quantitative estimate of drug-likeness (QED) is 0.754. The average Bonchev–Trinajstić information content (AvgIpc) is 3.29. The molecule has 1 aromatic carbocycles. The molecule has 1 aromatic rings. The Morgan fingerprint density at radius 3 is 2.24 bits per heavy atom. The van der Waals surface area contributed by atoms with Crippen molar-refractivity contribution < 1.29 is 14.7 Å². The van der Waals surface area contributed by atoms with E-state index in [2.05, 4.69) is 10.6 Å². The fraction of sp³-hybridized carbons (Fsp3) is 0.500. The second kappa shape index (κ2) is 6.61. The number of anilines is 1. The van der Waals surface area contributed by atoms with Crippen molar-refractivity contribution in [2.75, 3.05) is 5.32 Å². The van der Waals surface area contributed by atoms with Crippen molar-refractivity contribution in [3.8, 4) is 0 Å². The van der Waals surface area contributed by atoms with Crippen molar-refractivity contribution in [1.29, 1.82) is 0 Å². The molecule has 1 fully saturated rings. The first-order valence-electron chi connectivity index (χ1n) is 7.47. The first kappa shape index (κ1) is 15.4. The molecule has 1 atom stereocenters. The lowest BCUT2D eigenvalue weighted by Crippen LogP contribution is -2.44. The largest absolute Gasteiger partial charge is 0.480 e. The van der Waals surface area contributed by atoms with Gasteiger partial charge in [-0.15, -0.1) is 0 Å². The summed E-state index contributed by atoms with van der Waals surface area (Å²) in [6.45, 7) is 4.06. The number of hydrogen-bond donors (Lipinski definition) is 3. The number of hydrogen-bond acceptors (Lipinski definition) is 2. The van der Waals surface area contributed by atoms with E-state index in [1.165, 1.54) is 0 Å². The first-order chi connectivity index (χ1) is 10.1. The number of nitrogens with one attached hydrogen (secondary N) is 2. The third-order valence-electron chi connectivity index (χ3n) is 3.88. The van der Waals surface area contributed by atoms with E-state index >= 15 is 0 Å². The van der Waals surface area contributed by atoms with Crippen LogP contribution in [0.25, 0.3) is 0 Å². The highest BCUT2D eigenvalue weighted by Crippen LogP contribution is 2.32. The van der Waals surface area contributed by atoms with Gasteiger partial charge >= 0.3 is 12.0 Å². The molecule has 1 unspecified atom stereocenters. The molecule has 5 heteroatoms. The Labute approximate surface area is 124 Å². The van der Waals surface area contributed by atoms with Crippen LogP contribution in [0.2, 0.25) is 0 Å². The standard InChI is InChI=1S/C16H22N2O3/c1-3-10-6-5-7-11(4-2)13(10)17-16(21)18-14(15(19)20)12-8-9-12/h5-7,12,14H,3-4,8-9H2,1-2H3,(H,19,20)(H2,17,18,21). The highest BCUT2D eigenvalue weighted by atomic mass is 16.4. The van der Waals surface area contributed by atoms with Crippen molar-refractivity contribution in [2.24, 2.45) is 5.92 Å². The Morgan fingerprint density at radius 2 is 1.81 bits per heavy atom. The molecule has 0 spiro atoms. The topological polar surface area (TPSA) is 78.4 Å². The molecular weight excluding hydrogens is 268 g/mol. The number of para-hydroxylation sites is 1. The molecule has 21 heavy (non-hydrogen) atoms. The number of aliphatic carboxylic acids is 1. The maximum atomic E-state index is 12.1. The van der Waals surface area contributed by atoms with Crippen molar-refractivity contribution >= 4 is 17.7 Å². The van der Waals surface area contributed by atoms with Gasteiger partial charge in [0.2, 0.25) is 0 Å². The summed E-state index contributed by atoms with van der Waals surface area (Å²) in [5, 5.41) is 14.6. The molecule has 3 N–H and O–H groups in total. The zero-order chi connectivity index (χ0) is 15.4. The van der Waals surface area contributed by atoms with Gasteiger partial charge in [0, 0.05) is 5.69 Å². The van der Waals surface area contributed by atoms with Crippen LogP contribution >= 0.6 is 0 Å². The van der Waals surface area contributed by atoms with Gasteiger partial charge in [-0.1, -0.05) is 32.0 Å². The third kappa shape index (κ3) is 3.74. The number of carbonyl (C=O) groups is 2. The predicted molar refractivity (Wildman–Crippen MR) is 81.5 cm³/mol. The van der Waals surface area contributed by atoms with Crippen LogP contribution in [0.3, 0.4) is 0 Å². The number of carbonyl (C=O) groups excluding carboxylic acids is 1. The maximum absolute atomic E-state index is 12.1. The highest BCUT2D eigenvalue weighted by molar-refractivity contribution is 5.93. The molecule has 2 amide bonds. The molecule has 0 aliphatic heterocycles. The zero-order valence-corrected chi connectivity index (χ0v) is 12.5. The zero-order valence-electron chi connectivity index (χ0n) is 12.5. The van der Waals surface area contributed by atoms with Gasteiger partial charge in [0.05, 0.1) is 0 Å². The molecule has 0 heterocycles. The molecule has 1 aliphatic rings. The molecule has 2 rings (SSSR count). The molecule has 0 bridgehead atoms. The molecule has 114 valence electrons. The van der Waals surface area contributed by atoms with E-state index in [4.69, 9.17) is 5.11 Å². The van der Waals surface area contributed by atoms with Crippen molar-refractivity contribution in [1.82, 2.24) is 5.32 Å². The van der Waals surface area contributed by atoms with Crippen LogP contribution in [0.15, 0.2) is 18.2 Å². The summed E-state index contributed by atoms with van der Waals surface area (Å²) >= 11 is 0. The summed E-state index contributed by atoms with van der Waals surface area (Å²) in [7, 11) is 0. The lowest BCUT2D eigenvalue weighted by molar-refractivity contribution is -0.139. The van der Waals surface area contributed by atoms with Crippen molar-refractivity contribution in [3.63, 3.8) is 0 Å². The molecular formula is C16H22N2O3. The molecule has 1 saturated carbocycles. The minimum atomic E-state index is -0.966. The summed E-state index contributed by atoms with van der Waals surface area (Å²) in [6.07, 6.45) is 3.36.